The van der Waals surface area contributed by atoms with Gasteiger partial charge in [-0.1, -0.05) is 18.2 Å². The summed E-state index contributed by atoms with van der Waals surface area (Å²) in [5, 5.41) is 3.34. The Morgan fingerprint density at radius 1 is 1.16 bits per heavy atom. The van der Waals surface area contributed by atoms with Crippen LogP contribution in [0.15, 0.2) is 30.3 Å². The summed E-state index contributed by atoms with van der Waals surface area (Å²) < 4.78 is 10.3. The molecule has 0 saturated heterocycles. The van der Waals surface area contributed by atoms with E-state index in [0.717, 1.165) is 11.3 Å². The highest BCUT2D eigenvalue weighted by Crippen LogP contribution is 2.33. The molecule has 0 aliphatic rings. The molecule has 10 heteroatoms. The quantitative estimate of drug-likeness (QED) is 0.494. The maximum Gasteiger partial charge on any atom is 0.348 e. The second-order valence-electron chi connectivity index (χ2n) is 7.09. The van der Waals surface area contributed by atoms with Crippen molar-refractivity contribution in [2.45, 2.75) is 39.8 Å². The number of fused-ring (bicyclic) bond motifs is 1. The number of esters is 2. The van der Waals surface area contributed by atoms with Crippen molar-refractivity contribution in [3.8, 4) is 0 Å². The first kappa shape index (κ1) is 23.1. The maximum absolute atomic E-state index is 12.2. The third-order valence-electron chi connectivity index (χ3n) is 4.57. The zero-order chi connectivity index (χ0) is 23.3. The van der Waals surface area contributed by atoms with Crippen molar-refractivity contribution in [1.82, 2.24) is 15.3 Å². The molecule has 0 radical (unpaired) electrons. The van der Waals surface area contributed by atoms with Crippen LogP contribution in [-0.2, 0) is 20.9 Å². The topological polar surface area (TPSA) is 134 Å². The van der Waals surface area contributed by atoms with Crippen LogP contribution < -0.4 is 11.1 Å². The SMILES string of the molecule is CCOC(=O)c1sc2nc(COC(=O)CC(C)NC(=O)c3ccccc3)nc(N)c2c1C. The van der Waals surface area contributed by atoms with Crippen molar-refractivity contribution < 1.29 is 23.9 Å². The number of anilines is 1. The van der Waals surface area contributed by atoms with E-state index in [4.69, 9.17) is 15.2 Å². The van der Waals surface area contributed by atoms with Gasteiger partial charge in [-0.3, -0.25) is 9.59 Å². The van der Waals surface area contributed by atoms with Gasteiger partial charge in [-0.15, -0.1) is 11.3 Å². The minimum Gasteiger partial charge on any atom is -0.462 e. The summed E-state index contributed by atoms with van der Waals surface area (Å²) in [6, 6.07) is 8.31. The maximum atomic E-state index is 12.2. The lowest BCUT2D eigenvalue weighted by Crippen LogP contribution is -2.34. The first-order valence-electron chi connectivity index (χ1n) is 10.0. The molecule has 1 aromatic carbocycles. The van der Waals surface area contributed by atoms with Crippen molar-refractivity contribution >= 4 is 45.2 Å². The van der Waals surface area contributed by atoms with Crippen molar-refractivity contribution in [3.63, 3.8) is 0 Å². The van der Waals surface area contributed by atoms with Gasteiger partial charge in [-0.2, -0.15) is 0 Å². The van der Waals surface area contributed by atoms with Crippen molar-refractivity contribution in [2.75, 3.05) is 12.3 Å². The number of amides is 1. The van der Waals surface area contributed by atoms with Gasteiger partial charge < -0.3 is 20.5 Å². The van der Waals surface area contributed by atoms with Gasteiger partial charge in [0.05, 0.1) is 18.4 Å². The van der Waals surface area contributed by atoms with Crippen LogP contribution in [0.3, 0.4) is 0 Å². The molecule has 1 amide bonds. The molecule has 0 aliphatic heterocycles. The number of carbonyl (C=O) groups is 3. The smallest absolute Gasteiger partial charge is 0.348 e. The Balaban J connectivity index is 1.61. The number of carbonyl (C=O) groups excluding carboxylic acids is 3. The van der Waals surface area contributed by atoms with Crippen LogP contribution in [-0.4, -0.2) is 40.5 Å². The number of aromatic nitrogens is 2. The predicted octanol–water partition coefficient (Wildman–Crippen LogP) is 3.01. The molecule has 9 nitrogen and oxygen atoms in total. The average Bonchev–Trinajstić information content (AvgIpc) is 3.10. The molecular formula is C22H24N4O5S. The Morgan fingerprint density at radius 3 is 2.56 bits per heavy atom. The second kappa shape index (κ2) is 10.2. The highest BCUT2D eigenvalue weighted by Gasteiger charge is 2.21. The molecule has 2 aromatic heterocycles. The number of nitrogens with two attached hydrogens (primary N) is 1. The Bertz CT molecular complexity index is 1150. The number of nitrogen functional groups attached to an aromatic ring is 1. The zero-order valence-electron chi connectivity index (χ0n) is 18.0. The van der Waals surface area contributed by atoms with E-state index in [2.05, 4.69) is 15.3 Å². The van der Waals surface area contributed by atoms with Gasteiger partial charge in [0.1, 0.15) is 15.5 Å². The molecule has 2 heterocycles. The lowest BCUT2D eigenvalue weighted by Gasteiger charge is -2.13. The van der Waals surface area contributed by atoms with Crippen molar-refractivity contribution in [2.24, 2.45) is 0 Å². The lowest BCUT2D eigenvalue weighted by atomic mass is 10.2. The van der Waals surface area contributed by atoms with E-state index in [1.165, 1.54) is 0 Å². The van der Waals surface area contributed by atoms with Crippen LogP contribution in [0.4, 0.5) is 5.82 Å². The molecule has 32 heavy (non-hydrogen) atoms. The number of benzene rings is 1. The average molecular weight is 457 g/mol. The number of nitrogens with zero attached hydrogens (tertiary/aromatic N) is 2. The van der Waals surface area contributed by atoms with Crippen LogP contribution in [0, 0.1) is 6.92 Å². The summed E-state index contributed by atoms with van der Waals surface area (Å²) in [7, 11) is 0. The van der Waals surface area contributed by atoms with Crippen LogP contribution in [0.5, 0.6) is 0 Å². The summed E-state index contributed by atoms with van der Waals surface area (Å²) in [5.74, 6) is -0.789. The number of hydrogen-bond acceptors (Lipinski definition) is 9. The van der Waals surface area contributed by atoms with Gasteiger partial charge >= 0.3 is 11.9 Å². The number of aryl methyl sites for hydroxylation is 1. The van der Waals surface area contributed by atoms with Crippen molar-refractivity contribution in [1.29, 1.82) is 0 Å². The van der Waals surface area contributed by atoms with E-state index in [9.17, 15) is 14.4 Å². The van der Waals surface area contributed by atoms with E-state index in [0.29, 0.717) is 26.2 Å². The molecule has 3 aromatic rings. The molecule has 3 N–H and O–H groups in total. The molecule has 0 fully saturated rings. The number of nitrogens with one attached hydrogen (secondary N) is 1. The first-order chi connectivity index (χ1) is 15.3. The molecule has 0 bridgehead atoms. The largest absolute Gasteiger partial charge is 0.462 e. The Morgan fingerprint density at radius 2 is 1.88 bits per heavy atom. The normalized spacial score (nSPS) is 11.7. The molecule has 1 unspecified atom stereocenters. The summed E-state index contributed by atoms with van der Waals surface area (Å²) in [6.45, 7) is 5.29. The number of thiophene rings is 1. The predicted molar refractivity (Wildman–Crippen MR) is 120 cm³/mol. The Hall–Kier alpha value is -3.53. The Labute approximate surface area is 189 Å². The molecule has 0 saturated carbocycles. The lowest BCUT2D eigenvalue weighted by molar-refractivity contribution is -0.145. The third-order valence-corrected chi connectivity index (χ3v) is 5.74. The number of rotatable bonds is 8. The fourth-order valence-electron chi connectivity index (χ4n) is 3.07. The summed E-state index contributed by atoms with van der Waals surface area (Å²) in [4.78, 5) is 46.0. The van der Waals surface area contributed by atoms with Gasteiger partial charge in [0.15, 0.2) is 12.4 Å². The van der Waals surface area contributed by atoms with Gasteiger partial charge in [0, 0.05) is 11.6 Å². The standard InChI is InChI=1S/C22H24N4O5S/c1-4-30-22(29)18-13(3)17-19(23)25-15(26-21(17)32-18)11-31-16(27)10-12(2)24-20(28)14-8-6-5-7-9-14/h5-9,12H,4,10-11H2,1-3H3,(H,24,28)(H2,23,25,26). The molecular weight excluding hydrogens is 432 g/mol. The minimum absolute atomic E-state index is 0.0125. The highest BCUT2D eigenvalue weighted by atomic mass is 32.1. The van der Waals surface area contributed by atoms with E-state index in [-0.39, 0.29) is 37.2 Å². The molecule has 0 aliphatic carbocycles. The van der Waals surface area contributed by atoms with Crippen LogP contribution in [0.25, 0.3) is 10.2 Å². The van der Waals surface area contributed by atoms with E-state index in [1.807, 2.05) is 6.07 Å². The van der Waals surface area contributed by atoms with E-state index in [1.54, 1.807) is 45.0 Å². The first-order valence-corrected chi connectivity index (χ1v) is 10.9. The summed E-state index contributed by atoms with van der Waals surface area (Å²) in [6.07, 6.45) is -0.0125. The van der Waals surface area contributed by atoms with E-state index >= 15 is 0 Å². The summed E-state index contributed by atoms with van der Waals surface area (Å²) in [5.41, 5.74) is 7.23. The van der Waals surface area contributed by atoms with Crippen LogP contribution in [0.2, 0.25) is 0 Å². The van der Waals surface area contributed by atoms with Crippen molar-refractivity contribution in [3.05, 3.63) is 52.2 Å². The summed E-state index contributed by atoms with van der Waals surface area (Å²) >= 11 is 1.16. The molecule has 168 valence electrons. The zero-order valence-corrected chi connectivity index (χ0v) is 18.8. The van der Waals surface area contributed by atoms with Gasteiger partial charge in [0.25, 0.3) is 5.91 Å². The third kappa shape index (κ3) is 5.38. The molecule has 3 rings (SSSR count). The van der Waals surface area contributed by atoms with Gasteiger partial charge in [-0.05, 0) is 38.5 Å². The van der Waals surface area contributed by atoms with Gasteiger partial charge in [-0.25, -0.2) is 14.8 Å². The molecule has 1 atom stereocenters. The fraction of sp³-hybridized carbons (Fsp3) is 0.318. The minimum atomic E-state index is -0.511. The monoisotopic (exact) mass is 456 g/mol. The fourth-order valence-corrected chi connectivity index (χ4v) is 4.17. The van der Waals surface area contributed by atoms with Crippen LogP contribution >= 0.6 is 11.3 Å². The van der Waals surface area contributed by atoms with Crippen LogP contribution in [0.1, 0.15) is 51.7 Å². The number of hydrogen-bond donors (Lipinski definition) is 2. The van der Waals surface area contributed by atoms with Gasteiger partial charge in [0.2, 0.25) is 0 Å². The van der Waals surface area contributed by atoms with E-state index < -0.39 is 18.0 Å². The highest BCUT2D eigenvalue weighted by molar-refractivity contribution is 7.20. The second-order valence-corrected chi connectivity index (χ2v) is 8.09. The number of ether oxygens (including phenoxy) is 2. The molecule has 0 spiro atoms. The Kier molecular flexibility index (Phi) is 7.37.